The molecule has 3 rings (SSSR count). The Morgan fingerprint density at radius 2 is 1.84 bits per heavy atom. The van der Waals surface area contributed by atoms with Crippen LogP contribution in [0.1, 0.15) is 63.5 Å². The summed E-state index contributed by atoms with van der Waals surface area (Å²) < 4.78 is 5.87. The van der Waals surface area contributed by atoms with Crippen molar-refractivity contribution >= 4 is 16.8 Å². The van der Waals surface area contributed by atoms with E-state index in [0.717, 1.165) is 49.1 Å². The summed E-state index contributed by atoms with van der Waals surface area (Å²) in [4.78, 5) is 4.69. The number of allylic oxidation sites excluding steroid dienone is 2. The fourth-order valence-corrected chi connectivity index (χ4v) is 3.89. The Morgan fingerprint density at radius 1 is 1.00 bits per heavy atom. The highest BCUT2D eigenvalue weighted by Gasteiger charge is 2.03. The van der Waals surface area contributed by atoms with Crippen molar-refractivity contribution in [2.75, 3.05) is 6.61 Å². The number of ether oxygens (including phenoxy) is 1. The number of pyridine rings is 1. The molecule has 1 atom stereocenters. The Balaban J connectivity index is 1.49. The van der Waals surface area contributed by atoms with Crippen LogP contribution in [0.3, 0.4) is 0 Å². The lowest BCUT2D eigenvalue weighted by molar-refractivity contribution is 0.0566. The van der Waals surface area contributed by atoms with Crippen LogP contribution in [0.25, 0.3) is 28.1 Å². The Hall–Kier alpha value is -2.71. The molecule has 1 heterocycles. The smallest absolute Gasteiger partial charge is 0.0702 e. The third-order valence-electron chi connectivity index (χ3n) is 5.81. The molecule has 2 aromatic carbocycles. The summed E-state index contributed by atoms with van der Waals surface area (Å²) in [5.41, 5.74) is 4.60. The molecule has 168 valence electrons. The summed E-state index contributed by atoms with van der Waals surface area (Å²) in [5.74, 6) is 0. The van der Waals surface area contributed by atoms with E-state index >= 15 is 0 Å². The molecule has 0 saturated heterocycles. The van der Waals surface area contributed by atoms with E-state index in [2.05, 4.69) is 81.1 Å². The van der Waals surface area contributed by atoms with E-state index in [1.54, 1.807) is 0 Å². The van der Waals surface area contributed by atoms with Crippen LogP contribution in [0, 0.1) is 0 Å². The fraction of sp³-hybridized carbons (Fsp3) is 0.367. The minimum Gasteiger partial charge on any atom is -0.379 e. The molecule has 0 fully saturated rings. The van der Waals surface area contributed by atoms with E-state index in [-0.39, 0.29) is 0 Å². The zero-order valence-electron chi connectivity index (χ0n) is 19.7. The molecule has 2 nitrogen and oxygen atoms in total. The number of hydrogen-bond donors (Lipinski definition) is 0. The lowest BCUT2D eigenvalue weighted by Gasteiger charge is -2.11. The Labute approximate surface area is 194 Å². The van der Waals surface area contributed by atoms with Crippen molar-refractivity contribution in [2.45, 2.75) is 64.9 Å². The van der Waals surface area contributed by atoms with Gasteiger partial charge in [0, 0.05) is 18.4 Å². The largest absolute Gasteiger partial charge is 0.379 e. The zero-order valence-corrected chi connectivity index (χ0v) is 19.7. The van der Waals surface area contributed by atoms with Gasteiger partial charge in [0.05, 0.1) is 11.8 Å². The van der Waals surface area contributed by atoms with E-state index < -0.39 is 0 Å². The predicted molar refractivity (Wildman–Crippen MR) is 139 cm³/mol. The maximum atomic E-state index is 5.87. The average Bonchev–Trinajstić information content (AvgIpc) is 2.82. The summed E-state index contributed by atoms with van der Waals surface area (Å²) in [7, 11) is 0. The lowest BCUT2D eigenvalue weighted by Crippen LogP contribution is -2.08. The summed E-state index contributed by atoms with van der Waals surface area (Å²) in [6, 6.07) is 17.4. The standard InChI is InChI=1S/C30H37NO/c1-4-6-10-20-32-24(3)12-8-7-9-13-26-15-19-30(31-23-26)29-18-17-27-21-25(11-5-2)14-16-28(27)22-29/h5,9,13-19,21-24H,2,4,6-8,10-12,20H2,1,3H3/b13-9+. The average molecular weight is 428 g/mol. The number of rotatable bonds is 13. The van der Waals surface area contributed by atoms with Crippen LogP contribution in [0.2, 0.25) is 0 Å². The van der Waals surface area contributed by atoms with Gasteiger partial charge < -0.3 is 4.74 Å². The molecule has 0 saturated carbocycles. The molecule has 3 aromatic rings. The summed E-state index contributed by atoms with van der Waals surface area (Å²) >= 11 is 0. The Kier molecular flexibility index (Phi) is 9.71. The predicted octanol–water partition coefficient (Wildman–Crippen LogP) is 8.41. The first-order valence-electron chi connectivity index (χ1n) is 12.1. The molecule has 1 aromatic heterocycles. The molecule has 0 spiro atoms. The van der Waals surface area contributed by atoms with Gasteiger partial charge in [0.25, 0.3) is 0 Å². The van der Waals surface area contributed by atoms with Crippen molar-refractivity contribution in [1.82, 2.24) is 4.98 Å². The first-order valence-corrected chi connectivity index (χ1v) is 12.1. The highest BCUT2D eigenvalue weighted by atomic mass is 16.5. The molecule has 0 aliphatic carbocycles. The van der Waals surface area contributed by atoms with E-state index in [4.69, 9.17) is 9.72 Å². The first-order chi connectivity index (χ1) is 15.7. The molecular formula is C30H37NO. The van der Waals surface area contributed by atoms with Crippen LogP contribution in [0.5, 0.6) is 0 Å². The summed E-state index contributed by atoms with van der Waals surface area (Å²) in [6.07, 6.45) is 16.6. The maximum absolute atomic E-state index is 5.87. The number of aromatic nitrogens is 1. The van der Waals surface area contributed by atoms with Crippen molar-refractivity contribution < 1.29 is 4.74 Å². The third kappa shape index (κ3) is 7.46. The maximum Gasteiger partial charge on any atom is 0.0702 e. The van der Waals surface area contributed by atoms with Gasteiger partial charge in [0.2, 0.25) is 0 Å². The van der Waals surface area contributed by atoms with Crippen LogP contribution in [-0.4, -0.2) is 17.7 Å². The third-order valence-corrected chi connectivity index (χ3v) is 5.81. The number of nitrogens with zero attached hydrogens (tertiary/aromatic N) is 1. The highest BCUT2D eigenvalue weighted by molar-refractivity contribution is 5.87. The number of fused-ring (bicyclic) bond motifs is 1. The van der Waals surface area contributed by atoms with E-state index in [0.29, 0.717) is 6.10 Å². The van der Waals surface area contributed by atoms with Gasteiger partial charge in [0.15, 0.2) is 0 Å². The molecule has 0 aliphatic heterocycles. The molecule has 1 unspecified atom stereocenters. The molecular weight excluding hydrogens is 390 g/mol. The van der Waals surface area contributed by atoms with Crippen LogP contribution >= 0.6 is 0 Å². The van der Waals surface area contributed by atoms with Gasteiger partial charge in [0.1, 0.15) is 0 Å². The van der Waals surface area contributed by atoms with Crippen LogP contribution in [0.15, 0.2) is 73.5 Å². The van der Waals surface area contributed by atoms with E-state index in [1.165, 1.54) is 35.6 Å². The van der Waals surface area contributed by atoms with Crippen LogP contribution in [0.4, 0.5) is 0 Å². The lowest BCUT2D eigenvalue weighted by atomic mass is 10.0. The van der Waals surface area contributed by atoms with E-state index in [1.807, 2.05) is 12.3 Å². The first kappa shape index (κ1) is 23.9. The normalized spacial score (nSPS) is 12.4. The van der Waals surface area contributed by atoms with Gasteiger partial charge >= 0.3 is 0 Å². The van der Waals surface area contributed by atoms with Gasteiger partial charge in [-0.2, -0.15) is 0 Å². The van der Waals surface area contributed by atoms with Crippen molar-refractivity contribution in [1.29, 1.82) is 0 Å². The van der Waals surface area contributed by atoms with Crippen molar-refractivity contribution in [3.8, 4) is 11.3 Å². The highest BCUT2D eigenvalue weighted by Crippen LogP contribution is 2.24. The van der Waals surface area contributed by atoms with Gasteiger partial charge in [-0.1, -0.05) is 74.4 Å². The van der Waals surface area contributed by atoms with Gasteiger partial charge in [-0.15, -0.1) is 6.58 Å². The topological polar surface area (TPSA) is 22.1 Å². The van der Waals surface area contributed by atoms with Crippen LogP contribution in [-0.2, 0) is 11.2 Å². The Morgan fingerprint density at radius 3 is 2.62 bits per heavy atom. The van der Waals surface area contributed by atoms with Crippen molar-refractivity contribution in [2.24, 2.45) is 0 Å². The number of benzene rings is 2. The second-order valence-electron chi connectivity index (χ2n) is 8.59. The molecule has 0 radical (unpaired) electrons. The van der Waals surface area contributed by atoms with E-state index in [9.17, 15) is 0 Å². The number of hydrogen-bond acceptors (Lipinski definition) is 2. The Bertz CT molecular complexity index is 1000. The number of unbranched alkanes of at least 4 members (excludes halogenated alkanes) is 3. The molecule has 0 amide bonds. The molecule has 0 N–H and O–H groups in total. The van der Waals surface area contributed by atoms with Crippen molar-refractivity contribution in [3.05, 3.63) is 84.6 Å². The van der Waals surface area contributed by atoms with Gasteiger partial charge in [-0.05, 0) is 73.1 Å². The SMILES string of the molecule is C=CCc1ccc2cc(-c3ccc(/C=C/CCCC(C)OCCCCC)cn3)ccc2c1. The second-order valence-corrected chi connectivity index (χ2v) is 8.59. The van der Waals surface area contributed by atoms with Gasteiger partial charge in [-0.3, -0.25) is 4.98 Å². The molecule has 0 bridgehead atoms. The molecule has 2 heteroatoms. The molecule has 0 aliphatic rings. The van der Waals surface area contributed by atoms with Gasteiger partial charge in [-0.25, -0.2) is 0 Å². The molecule has 32 heavy (non-hydrogen) atoms. The second kappa shape index (κ2) is 13.0. The van der Waals surface area contributed by atoms with Crippen molar-refractivity contribution in [3.63, 3.8) is 0 Å². The summed E-state index contributed by atoms with van der Waals surface area (Å²) in [6.45, 7) is 9.14. The minimum absolute atomic E-state index is 0.358. The summed E-state index contributed by atoms with van der Waals surface area (Å²) in [5, 5.41) is 2.50. The fourth-order valence-electron chi connectivity index (χ4n) is 3.89. The van der Waals surface area contributed by atoms with Crippen LogP contribution < -0.4 is 0 Å². The zero-order chi connectivity index (χ0) is 22.6. The monoisotopic (exact) mass is 427 g/mol. The minimum atomic E-state index is 0.358. The quantitative estimate of drug-likeness (QED) is 0.202.